The van der Waals surface area contributed by atoms with Crippen LogP contribution in [0.2, 0.25) is 0 Å². The van der Waals surface area contributed by atoms with Crippen LogP contribution >= 0.6 is 15.9 Å². The van der Waals surface area contributed by atoms with Gasteiger partial charge in [0.25, 0.3) is 0 Å². The molecule has 66 valence electrons. The molecule has 0 bridgehead atoms. The Labute approximate surface area is 72.3 Å². The minimum atomic E-state index is -3.87. The van der Waals surface area contributed by atoms with E-state index in [-0.39, 0.29) is 6.54 Å². The Morgan fingerprint density at radius 1 is 1.55 bits per heavy atom. The summed E-state index contributed by atoms with van der Waals surface area (Å²) in [6.07, 6.45) is -1.60. The average molecular weight is 247 g/mol. The zero-order valence-electron chi connectivity index (χ0n) is 5.37. The van der Waals surface area contributed by atoms with Crippen molar-refractivity contribution in [1.82, 2.24) is 9.44 Å². The minimum absolute atomic E-state index is 0.141. The van der Waals surface area contributed by atoms with Crippen LogP contribution in [0.4, 0.5) is 4.79 Å². The molecule has 11 heavy (non-hydrogen) atoms. The number of carbonyl (C=O) groups is 1. The molecule has 0 rings (SSSR count). The van der Waals surface area contributed by atoms with Gasteiger partial charge in [-0.25, -0.2) is 9.52 Å². The second-order valence-electron chi connectivity index (χ2n) is 1.49. The molecule has 8 heteroatoms. The van der Waals surface area contributed by atoms with Crippen molar-refractivity contribution in [3.63, 3.8) is 0 Å². The minimum Gasteiger partial charge on any atom is -0.464 e. The number of halogens is 1. The molecule has 0 radical (unpaired) electrons. The van der Waals surface area contributed by atoms with E-state index in [9.17, 15) is 13.2 Å². The van der Waals surface area contributed by atoms with Crippen molar-refractivity contribution in [1.29, 1.82) is 0 Å². The van der Waals surface area contributed by atoms with E-state index in [0.29, 0.717) is 5.33 Å². The first kappa shape index (κ1) is 10.7. The van der Waals surface area contributed by atoms with Crippen LogP contribution in [0.1, 0.15) is 0 Å². The number of amides is 1. The second-order valence-corrected chi connectivity index (χ2v) is 3.79. The molecule has 0 atom stereocenters. The lowest BCUT2D eigenvalue weighted by Gasteiger charge is -2.02. The second kappa shape index (κ2) is 4.52. The van der Waals surface area contributed by atoms with Crippen LogP contribution in [-0.4, -0.2) is 31.5 Å². The first-order valence-electron chi connectivity index (χ1n) is 2.54. The van der Waals surface area contributed by atoms with Crippen LogP contribution in [0.3, 0.4) is 0 Å². The lowest BCUT2D eigenvalue weighted by atomic mass is 10.8. The predicted molar refractivity (Wildman–Crippen MR) is 41.9 cm³/mol. The summed E-state index contributed by atoms with van der Waals surface area (Å²) in [7, 11) is -3.87. The highest BCUT2D eigenvalue weighted by Gasteiger charge is 2.10. The number of rotatable bonds is 4. The van der Waals surface area contributed by atoms with Crippen LogP contribution in [0.15, 0.2) is 0 Å². The van der Waals surface area contributed by atoms with Crippen LogP contribution < -0.4 is 9.44 Å². The highest BCUT2D eigenvalue weighted by atomic mass is 79.9. The molecule has 0 aliphatic rings. The lowest BCUT2D eigenvalue weighted by Crippen LogP contribution is -2.40. The average Bonchev–Trinajstić information content (AvgIpc) is 1.81. The summed E-state index contributed by atoms with van der Waals surface area (Å²) in [5.41, 5.74) is 0. The molecule has 0 aromatic carbocycles. The van der Waals surface area contributed by atoms with Crippen LogP contribution in [0.25, 0.3) is 0 Å². The summed E-state index contributed by atoms with van der Waals surface area (Å²) < 4.78 is 24.4. The zero-order valence-corrected chi connectivity index (χ0v) is 7.77. The summed E-state index contributed by atoms with van der Waals surface area (Å²) in [6.45, 7) is 0.141. The monoisotopic (exact) mass is 246 g/mol. The molecular weight excluding hydrogens is 240 g/mol. The van der Waals surface area contributed by atoms with Crippen LogP contribution in [0.5, 0.6) is 0 Å². The summed E-state index contributed by atoms with van der Waals surface area (Å²) in [5.74, 6) is 0. The van der Waals surface area contributed by atoms with E-state index < -0.39 is 16.3 Å². The van der Waals surface area contributed by atoms with Gasteiger partial charge in [-0.2, -0.15) is 13.1 Å². The Bertz CT molecular complexity index is 225. The van der Waals surface area contributed by atoms with E-state index in [2.05, 4.69) is 15.9 Å². The lowest BCUT2D eigenvalue weighted by molar-refractivity contribution is 0.201. The molecule has 0 heterocycles. The van der Waals surface area contributed by atoms with Gasteiger partial charge in [-0.3, -0.25) is 0 Å². The fourth-order valence-electron chi connectivity index (χ4n) is 0.324. The molecule has 3 N–H and O–H groups in total. The number of alkyl halides is 1. The third-order valence-corrected chi connectivity index (χ3v) is 2.03. The van der Waals surface area contributed by atoms with Gasteiger partial charge < -0.3 is 5.11 Å². The quantitative estimate of drug-likeness (QED) is 0.582. The molecule has 0 saturated heterocycles. The Morgan fingerprint density at radius 3 is 2.45 bits per heavy atom. The zero-order chi connectivity index (χ0) is 8.91. The Hall–Kier alpha value is -0.340. The Balaban J connectivity index is 3.92. The molecule has 6 nitrogen and oxygen atoms in total. The van der Waals surface area contributed by atoms with Crippen molar-refractivity contribution in [2.24, 2.45) is 0 Å². The molecule has 0 aliphatic heterocycles. The van der Waals surface area contributed by atoms with E-state index in [1.165, 1.54) is 4.72 Å². The van der Waals surface area contributed by atoms with Crippen molar-refractivity contribution < 1.29 is 18.3 Å². The molecule has 0 unspecified atom stereocenters. The van der Waals surface area contributed by atoms with E-state index in [1.807, 2.05) is 4.72 Å². The van der Waals surface area contributed by atoms with E-state index >= 15 is 0 Å². The molecular formula is C3H7BrN2O4S. The number of carboxylic acid groups (broad SMARTS) is 1. The Kier molecular flexibility index (Phi) is 4.38. The van der Waals surface area contributed by atoms with E-state index in [0.717, 1.165) is 0 Å². The van der Waals surface area contributed by atoms with Crippen molar-refractivity contribution in [2.75, 3.05) is 11.9 Å². The standard InChI is InChI=1S/C3H7BrN2O4S/c4-1-2-5-11(9,10)6-3(7)8/h5-6H,1-2H2,(H,7,8). The maximum Gasteiger partial charge on any atom is 0.419 e. The molecule has 0 saturated carbocycles. The molecule has 0 aromatic heterocycles. The fraction of sp³-hybridized carbons (Fsp3) is 0.667. The molecule has 0 spiro atoms. The number of nitrogens with one attached hydrogen (secondary N) is 2. The van der Waals surface area contributed by atoms with Gasteiger partial charge in [-0.15, -0.1) is 0 Å². The van der Waals surface area contributed by atoms with Gasteiger partial charge in [0.1, 0.15) is 0 Å². The third kappa shape index (κ3) is 6.07. The first-order chi connectivity index (χ1) is 4.98. The van der Waals surface area contributed by atoms with Gasteiger partial charge in [0, 0.05) is 11.9 Å². The summed E-state index contributed by atoms with van der Waals surface area (Å²) in [6, 6.07) is 0. The molecule has 0 aromatic rings. The Morgan fingerprint density at radius 2 is 2.09 bits per heavy atom. The van der Waals surface area contributed by atoms with Gasteiger partial charge >= 0.3 is 16.3 Å². The number of hydrogen-bond donors (Lipinski definition) is 3. The maximum atomic E-state index is 10.6. The van der Waals surface area contributed by atoms with E-state index in [4.69, 9.17) is 5.11 Å². The fourth-order valence-corrected chi connectivity index (χ4v) is 1.46. The van der Waals surface area contributed by atoms with Crippen molar-refractivity contribution in [3.05, 3.63) is 0 Å². The van der Waals surface area contributed by atoms with Crippen LogP contribution in [-0.2, 0) is 10.2 Å². The largest absolute Gasteiger partial charge is 0.464 e. The van der Waals surface area contributed by atoms with Gasteiger partial charge in [0.15, 0.2) is 0 Å². The molecule has 1 amide bonds. The SMILES string of the molecule is O=C(O)NS(=O)(=O)NCCBr. The van der Waals surface area contributed by atoms with Gasteiger partial charge in [-0.1, -0.05) is 15.9 Å². The number of hydrogen-bond acceptors (Lipinski definition) is 3. The van der Waals surface area contributed by atoms with Gasteiger partial charge in [-0.05, 0) is 0 Å². The summed E-state index contributed by atoms with van der Waals surface area (Å²) >= 11 is 2.97. The van der Waals surface area contributed by atoms with Crippen molar-refractivity contribution in [2.45, 2.75) is 0 Å². The predicted octanol–water partition coefficient (Wildman–Crippen LogP) is -0.517. The highest BCUT2D eigenvalue weighted by molar-refractivity contribution is 9.09. The van der Waals surface area contributed by atoms with Gasteiger partial charge in [0.2, 0.25) is 0 Å². The topological polar surface area (TPSA) is 95.5 Å². The van der Waals surface area contributed by atoms with Crippen molar-refractivity contribution in [3.8, 4) is 0 Å². The first-order valence-corrected chi connectivity index (χ1v) is 5.14. The highest BCUT2D eigenvalue weighted by Crippen LogP contribution is 1.79. The molecule has 0 aliphatic carbocycles. The summed E-state index contributed by atoms with van der Waals surface area (Å²) in [5, 5.41) is 8.43. The smallest absolute Gasteiger partial charge is 0.419 e. The van der Waals surface area contributed by atoms with Crippen molar-refractivity contribution >= 4 is 32.2 Å². The molecule has 0 fully saturated rings. The van der Waals surface area contributed by atoms with E-state index in [1.54, 1.807) is 0 Å². The van der Waals surface area contributed by atoms with Crippen LogP contribution in [0, 0.1) is 0 Å². The maximum absolute atomic E-state index is 10.6. The summed E-state index contributed by atoms with van der Waals surface area (Å²) in [4.78, 5) is 9.84. The third-order valence-electron chi connectivity index (χ3n) is 0.608. The normalized spacial score (nSPS) is 11.0. The van der Waals surface area contributed by atoms with Gasteiger partial charge in [0.05, 0.1) is 0 Å².